The predicted octanol–water partition coefficient (Wildman–Crippen LogP) is 2.24. The first-order valence-corrected chi connectivity index (χ1v) is 8.52. The van der Waals surface area contributed by atoms with Crippen molar-refractivity contribution in [3.05, 3.63) is 34.5 Å². The van der Waals surface area contributed by atoms with Gasteiger partial charge in [0, 0.05) is 30.6 Å². The van der Waals surface area contributed by atoms with Gasteiger partial charge in [0.25, 0.3) is 0 Å². The van der Waals surface area contributed by atoms with Crippen molar-refractivity contribution in [2.24, 2.45) is 0 Å². The van der Waals surface area contributed by atoms with Crippen LogP contribution >= 0.6 is 11.3 Å². The second-order valence-electron chi connectivity index (χ2n) is 5.64. The van der Waals surface area contributed by atoms with Gasteiger partial charge in [0.1, 0.15) is 12.7 Å². The molecular formula is C15H21N5OS. The zero-order chi connectivity index (χ0) is 15.4. The van der Waals surface area contributed by atoms with E-state index in [4.69, 9.17) is 0 Å². The Kier molecular flexibility index (Phi) is 4.72. The van der Waals surface area contributed by atoms with Gasteiger partial charge < -0.3 is 14.8 Å². The first-order chi connectivity index (χ1) is 10.7. The molecule has 3 rings (SSSR count). The van der Waals surface area contributed by atoms with Crippen molar-refractivity contribution in [2.45, 2.75) is 32.2 Å². The van der Waals surface area contributed by atoms with E-state index in [0.717, 1.165) is 32.4 Å². The lowest BCUT2D eigenvalue weighted by atomic mass is 10.1. The monoisotopic (exact) mass is 319 g/mol. The standard InChI is InChI=1S/C15H21N5OS/c1-12-5-9-22-14(12)2-6-16-15(21)19-7-3-13(4-8-19)20-10-17-18-11-20/h5,9-11,13H,2-4,6-8H2,1H3,(H,16,21). The number of aromatic nitrogens is 3. The van der Waals surface area contributed by atoms with Crippen molar-refractivity contribution in [3.8, 4) is 0 Å². The molecule has 6 nitrogen and oxygen atoms in total. The maximum Gasteiger partial charge on any atom is 0.317 e. The number of hydrogen-bond donors (Lipinski definition) is 1. The molecule has 22 heavy (non-hydrogen) atoms. The van der Waals surface area contributed by atoms with E-state index < -0.39 is 0 Å². The van der Waals surface area contributed by atoms with Crippen molar-refractivity contribution >= 4 is 17.4 Å². The van der Waals surface area contributed by atoms with E-state index in [2.05, 4.69) is 33.9 Å². The molecule has 2 aromatic heterocycles. The summed E-state index contributed by atoms with van der Waals surface area (Å²) in [6, 6.07) is 2.58. The fourth-order valence-corrected chi connectivity index (χ4v) is 3.73. The quantitative estimate of drug-likeness (QED) is 0.940. The number of nitrogens with one attached hydrogen (secondary N) is 1. The number of thiophene rings is 1. The van der Waals surface area contributed by atoms with E-state index in [-0.39, 0.29) is 6.03 Å². The first-order valence-electron chi connectivity index (χ1n) is 7.64. The van der Waals surface area contributed by atoms with Gasteiger partial charge in [0.15, 0.2) is 0 Å². The molecule has 0 bridgehead atoms. The summed E-state index contributed by atoms with van der Waals surface area (Å²) in [5.74, 6) is 0. The van der Waals surface area contributed by atoms with Crippen molar-refractivity contribution < 1.29 is 4.79 Å². The number of hydrogen-bond acceptors (Lipinski definition) is 4. The summed E-state index contributed by atoms with van der Waals surface area (Å²) in [6.45, 7) is 4.38. The molecule has 118 valence electrons. The molecule has 2 amide bonds. The number of carbonyl (C=O) groups is 1. The summed E-state index contributed by atoms with van der Waals surface area (Å²) in [4.78, 5) is 15.4. The fraction of sp³-hybridized carbons (Fsp3) is 0.533. The van der Waals surface area contributed by atoms with Crippen LogP contribution in [0, 0.1) is 6.92 Å². The lowest BCUT2D eigenvalue weighted by Crippen LogP contribution is -2.45. The van der Waals surface area contributed by atoms with Crippen LogP contribution in [0.5, 0.6) is 0 Å². The number of piperidine rings is 1. The Labute approximate surface area is 134 Å². The van der Waals surface area contributed by atoms with Crippen molar-refractivity contribution in [1.29, 1.82) is 0 Å². The van der Waals surface area contributed by atoms with E-state index in [9.17, 15) is 4.79 Å². The maximum absolute atomic E-state index is 12.2. The Morgan fingerprint density at radius 1 is 1.36 bits per heavy atom. The first kappa shape index (κ1) is 15.0. The Bertz CT molecular complexity index is 601. The molecular weight excluding hydrogens is 298 g/mol. The van der Waals surface area contributed by atoms with Gasteiger partial charge in [0.05, 0.1) is 0 Å². The number of nitrogens with zero attached hydrogens (tertiary/aromatic N) is 4. The summed E-state index contributed by atoms with van der Waals surface area (Å²) in [5.41, 5.74) is 1.31. The molecule has 3 heterocycles. The van der Waals surface area contributed by atoms with Crippen LogP contribution in [0.1, 0.15) is 29.3 Å². The number of rotatable bonds is 4. The van der Waals surface area contributed by atoms with Crippen LogP contribution in [-0.2, 0) is 6.42 Å². The van der Waals surface area contributed by atoms with E-state index in [1.165, 1.54) is 10.4 Å². The Hall–Kier alpha value is -1.89. The molecule has 0 unspecified atom stereocenters. The van der Waals surface area contributed by atoms with Gasteiger partial charge in [0.2, 0.25) is 0 Å². The zero-order valence-corrected chi connectivity index (χ0v) is 13.6. The predicted molar refractivity (Wildman–Crippen MR) is 86.0 cm³/mol. The second-order valence-corrected chi connectivity index (χ2v) is 6.64. The van der Waals surface area contributed by atoms with Gasteiger partial charge >= 0.3 is 6.03 Å². The van der Waals surface area contributed by atoms with Crippen LogP contribution in [-0.4, -0.2) is 45.3 Å². The Morgan fingerprint density at radius 2 is 2.09 bits per heavy atom. The lowest BCUT2D eigenvalue weighted by Gasteiger charge is -2.32. The average Bonchev–Trinajstić information content (AvgIpc) is 3.20. The highest BCUT2D eigenvalue weighted by atomic mass is 32.1. The summed E-state index contributed by atoms with van der Waals surface area (Å²) in [6.07, 6.45) is 6.32. The molecule has 0 aromatic carbocycles. The van der Waals surface area contributed by atoms with Crippen LogP contribution in [0.15, 0.2) is 24.1 Å². The van der Waals surface area contributed by atoms with Crippen molar-refractivity contribution in [3.63, 3.8) is 0 Å². The lowest BCUT2D eigenvalue weighted by molar-refractivity contribution is 0.171. The van der Waals surface area contributed by atoms with Gasteiger partial charge in [-0.3, -0.25) is 0 Å². The van der Waals surface area contributed by atoms with E-state index >= 15 is 0 Å². The maximum atomic E-state index is 12.2. The Balaban J connectivity index is 1.41. The molecule has 0 radical (unpaired) electrons. The van der Waals surface area contributed by atoms with Gasteiger partial charge in [-0.05, 0) is 43.2 Å². The highest BCUT2D eigenvalue weighted by Gasteiger charge is 2.23. The fourth-order valence-electron chi connectivity index (χ4n) is 2.82. The van der Waals surface area contributed by atoms with Crippen LogP contribution in [0.25, 0.3) is 0 Å². The number of amides is 2. The molecule has 0 spiro atoms. The minimum Gasteiger partial charge on any atom is -0.338 e. The van der Waals surface area contributed by atoms with Gasteiger partial charge in [-0.1, -0.05) is 0 Å². The van der Waals surface area contributed by atoms with Gasteiger partial charge in [-0.15, -0.1) is 21.5 Å². The normalized spacial score (nSPS) is 16.0. The highest BCUT2D eigenvalue weighted by molar-refractivity contribution is 7.10. The third kappa shape index (κ3) is 3.47. The van der Waals surface area contributed by atoms with Crippen molar-refractivity contribution in [1.82, 2.24) is 25.0 Å². The van der Waals surface area contributed by atoms with Gasteiger partial charge in [-0.2, -0.15) is 0 Å². The summed E-state index contributed by atoms with van der Waals surface area (Å²) >= 11 is 1.76. The second kappa shape index (κ2) is 6.91. The van der Waals surface area contributed by atoms with E-state index in [1.807, 2.05) is 9.47 Å². The van der Waals surface area contributed by atoms with E-state index in [1.54, 1.807) is 24.0 Å². The Morgan fingerprint density at radius 3 is 2.73 bits per heavy atom. The number of likely N-dealkylation sites (tertiary alicyclic amines) is 1. The molecule has 0 aliphatic carbocycles. The third-order valence-electron chi connectivity index (χ3n) is 4.21. The largest absolute Gasteiger partial charge is 0.338 e. The van der Waals surface area contributed by atoms with Crippen molar-refractivity contribution in [2.75, 3.05) is 19.6 Å². The number of urea groups is 1. The molecule has 1 aliphatic heterocycles. The third-order valence-corrected chi connectivity index (χ3v) is 5.29. The van der Waals surface area contributed by atoms with E-state index in [0.29, 0.717) is 12.6 Å². The molecule has 1 saturated heterocycles. The molecule has 1 aliphatic rings. The minimum atomic E-state index is 0.0522. The highest BCUT2D eigenvalue weighted by Crippen LogP contribution is 2.21. The molecule has 0 atom stereocenters. The smallest absolute Gasteiger partial charge is 0.317 e. The van der Waals surface area contributed by atoms with Crippen LogP contribution in [0.2, 0.25) is 0 Å². The molecule has 1 fully saturated rings. The SMILES string of the molecule is Cc1ccsc1CCNC(=O)N1CCC(n2cnnc2)CC1. The molecule has 7 heteroatoms. The number of aryl methyl sites for hydroxylation is 1. The average molecular weight is 319 g/mol. The summed E-state index contributed by atoms with van der Waals surface area (Å²) < 4.78 is 2.04. The van der Waals surface area contributed by atoms with Gasteiger partial charge in [-0.25, -0.2) is 4.79 Å². The molecule has 1 N–H and O–H groups in total. The van der Waals surface area contributed by atoms with Crippen LogP contribution in [0.4, 0.5) is 4.79 Å². The zero-order valence-electron chi connectivity index (χ0n) is 12.7. The summed E-state index contributed by atoms with van der Waals surface area (Å²) in [7, 11) is 0. The minimum absolute atomic E-state index is 0.0522. The topological polar surface area (TPSA) is 63.1 Å². The van der Waals surface area contributed by atoms with Crippen LogP contribution in [0.3, 0.4) is 0 Å². The summed E-state index contributed by atoms with van der Waals surface area (Å²) in [5, 5.41) is 12.8. The van der Waals surface area contributed by atoms with Crippen LogP contribution < -0.4 is 5.32 Å². The molecule has 0 saturated carbocycles. The molecule has 2 aromatic rings. The number of carbonyl (C=O) groups excluding carboxylic acids is 1.